The maximum atomic E-state index is 5.31. The lowest BCUT2D eigenvalue weighted by molar-refractivity contribution is 0.139. The molecule has 0 spiro atoms. The Morgan fingerprint density at radius 3 is 2.60 bits per heavy atom. The molecular weight excluding hydrogens is 312 g/mol. The number of hydrogen-bond donors (Lipinski definition) is 1. The van der Waals surface area contributed by atoms with Gasteiger partial charge in [0, 0.05) is 52.3 Å². The van der Waals surface area contributed by atoms with E-state index < -0.39 is 0 Å². The monoisotopic (exact) mass is 352 g/mol. The second kappa shape index (κ2) is 11.0. The van der Waals surface area contributed by atoms with E-state index in [1.165, 1.54) is 45.3 Å². The molecule has 0 aliphatic carbocycles. The fourth-order valence-corrected chi connectivity index (χ4v) is 4.43. The summed E-state index contributed by atoms with van der Waals surface area (Å²) in [6.07, 6.45) is 5.05. The van der Waals surface area contributed by atoms with Gasteiger partial charge in [-0.25, -0.2) is 0 Å². The molecule has 0 bridgehead atoms. The molecule has 0 saturated carbocycles. The van der Waals surface area contributed by atoms with E-state index in [0.29, 0.717) is 5.92 Å². The summed E-state index contributed by atoms with van der Waals surface area (Å²) in [4.78, 5) is 9.93. The van der Waals surface area contributed by atoms with E-state index in [1.807, 2.05) is 0 Å². The van der Waals surface area contributed by atoms with Crippen molar-refractivity contribution in [2.24, 2.45) is 22.7 Å². The molecule has 3 unspecified atom stereocenters. The molecule has 2 fully saturated rings. The Kier molecular flexibility index (Phi) is 9.04. The van der Waals surface area contributed by atoms with E-state index in [2.05, 4.69) is 35.9 Å². The Bertz CT molecular complexity index is 391. The summed E-state index contributed by atoms with van der Waals surface area (Å²) in [6.45, 7) is 15.6. The average Bonchev–Trinajstić information content (AvgIpc) is 3.01. The van der Waals surface area contributed by atoms with Crippen molar-refractivity contribution < 1.29 is 4.74 Å². The van der Waals surface area contributed by atoms with Gasteiger partial charge in [0.1, 0.15) is 0 Å². The molecule has 2 rings (SSSR count). The third-order valence-electron chi connectivity index (χ3n) is 5.41. The van der Waals surface area contributed by atoms with Gasteiger partial charge < -0.3 is 19.9 Å². The molecule has 0 aromatic heterocycles. The summed E-state index contributed by atoms with van der Waals surface area (Å²) >= 11 is 0. The second-order valence-electron chi connectivity index (χ2n) is 8.20. The molecule has 5 heteroatoms. The molecule has 5 nitrogen and oxygen atoms in total. The van der Waals surface area contributed by atoms with Crippen molar-refractivity contribution in [1.82, 2.24) is 15.1 Å². The van der Waals surface area contributed by atoms with Crippen LogP contribution in [0.3, 0.4) is 0 Å². The van der Waals surface area contributed by atoms with Gasteiger partial charge >= 0.3 is 0 Å². The molecule has 2 saturated heterocycles. The second-order valence-corrected chi connectivity index (χ2v) is 8.20. The van der Waals surface area contributed by atoms with Crippen LogP contribution in [0.2, 0.25) is 0 Å². The molecule has 3 atom stereocenters. The van der Waals surface area contributed by atoms with Gasteiger partial charge in [-0.3, -0.25) is 4.99 Å². The van der Waals surface area contributed by atoms with E-state index in [0.717, 1.165) is 50.6 Å². The fourth-order valence-electron chi connectivity index (χ4n) is 4.43. The molecule has 2 heterocycles. The van der Waals surface area contributed by atoms with Gasteiger partial charge in [0.25, 0.3) is 0 Å². The zero-order chi connectivity index (χ0) is 18.1. The van der Waals surface area contributed by atoms with Crippen LogP contribution in [-0.2, 0) is 4.74 Å². The average molecular weight is 353 g/mol. The molecule has 2 aliphatic rings. The van der Waals surface area contributed by atoms with E-state index >= 15 is 0 Å². The van der Waals surface area contributed by atoms with Crippen molar-refractivity contribution in [3.63, 3.8) is 0 Å². The van der Waals surface area contributed by atoms with Crippen LogP contribution in [0.25, 0.3) is 0 Å². The minimum absolute atomic E-state index is 0.650. The van der Waals surface area contributed by atoms with Gasteiger partial charge in [0.2, 0.25) is 0 Å². The summed E-state index contributed by atoms with van der Waals surface area (Å²) in [6, 6.07) is 0. The first-order valence-corrected chi connectivity index (χ1v) is 10.4. The molecule has 0 radical (unpaired) electrons. The van der Waals surface area contributed by atoms with Crippen molar-refractivity contribution in [3.8, 4) is 0 Å². The SMILES string of the molecule is CCNC(=NCCCCN1CC(C)CC(C)C1)N1CCC(COC)C1. The molecule has 25 heavy (non-hydrogen) atoms. The normalized spacial score (nSPS) is 28.6. The van der Waals surface area contributed by atoms with Gasteiger partial charge in [-0.2, -0.15) is 0 Å². The maximum Gasteiger partial charge on any atom is 0.193 e. The van der Waals surface area contributed by atoms with Crippen LogP contribution in [0.1, 0.15) is 46.5 Å². The fraction of sp³-hybridized carbons (Fsp3) is 0.950. The highest BCUT2D eigenvalue weighted by Crippen LogP contribution is 2.21. The lowest BCUT2D eigenvalue weighted by Crippen LogP contribution is -2.40. The van der Waals surface area contributed by atoms with Crippen molar-refractivity contribution in [2.45, 2.75) is 46.5 Å². The van der Waals surface area contributed by atoms with Gasteiger partial charge in [-0.05, 0) is 51.0 Å². The highest BCUT2D eigenvalue weighted by Gasteiger charge is 2.24. The molecule has 0 amide bonds. The van der Waals surface area contributed by atoms with Gasteiger partial charge in [0.15, 0.2) is 5.96 Å². The van der Waals surface area contributed by atoms with E-state index in [-0.39, 0.29) is 0 Å². The number of unbranched alkanes of at least 4 members (excludes halogenated alkanes) is 1. The first kappa shape index (κ1) is 20.5. The Morgan fingerprint density at radius 1 is 1.16 bits per heavy atom. The third-order valence-corrected chi connectivity index (χ3v) is 5.41. The van der Waals surface area contributed by atoms with Crippen LogP contribution < -0.4 is 5.32 Å². The Morgan fingerprint density at radius 2 is 1.92 bits per heavy atom. The number of hydrogen-bond acceptors (Lipinski definition) is 3. The van der Waals surface area contributed by atoms with Crippen molar-refractivity contribution in [2.75, 3.05) is 59.5 Å². The molecule has 0 aromatic carbocycles. The van der Waals surface area contributed by atoms with Crippen LogP contribution in [0.5, 0.6) is 0 Å². The number of nitrogens with one attached hydrogen (secondary N) is 1. The number of methoxy groups -OCH3 is 1. The molecule has 2 aliphatic heterocycles. The number of aliphatic imine (C=N–C) groups is 1. The lowest BCUT2D eigenvalue weighted by Gasteiger charge is -2.34. The predicted molar refractivity (Wildman–Crippen MR) is 106 cm³/mol. The summed E-state index contributed by atoms with van der Waals surface area (Å²) in [7, 11) is 1.80. The van der Waals surface area contributed by atoms with Crippen LogP contribution in [0, 0.1) is 17.8 Å². The number of rotatable bonds is 8. The van der Waals surface area contributed by atoms with E-state index in [1.54, 1.807) is 7.11 Å². The summed E-state index contributed by atoms with van der Waals surface area (Å²) in [5.41, 5.74) is 0. The maximum absolute atomic E-state index is 5.31. The quantitative estimate of drug-likeness (QED) is 0.414. The molecule has 146 valence electrons. The topological polar surface area (TPSA) is 40.1 Å². The smallest absolute Gasteiger partial charge is 0.193 e. The third kappa shape index (κ3) is 7.14. The van der Waals surface area contributed by atoms with Crippen LogP contribution >= 0.6 is 0 Å². The van der Waals surface area contributed by atoms with Crippen molar-refractivity contribution in [1.29, 1.82) is 0 Å². The van der Waals surface area contributed by atoms with Crippen molar-refractivity contribution in [3.05, 3.63) is 0 Å². The molecular formula is C20H40N4O. The number of likely N-dealkylation sites (tertiary alicyclic amines) is 2. The lowest BCUT2D eigenvalue weighted by atomic mass is 9.92. The zero-order valence-electron chi connectivity index (χ0n) is 17.0. The summed E-state index contributed by atoms with van der Waals surface area (Å²) in [5, 5.41) is 3.46. The molecule has 0 aromatic rings. The molecule has 1 N–H and O–H groups in total. The Hall–Kier alpha value is -0.810. The number of guanidine groups is 1. The summed E-state index contributed by atoms with van der Waals surface area (Å²) < 4.78 is 5.31. The first-order valence-electron chi connectivity index (χ1n) is 10.4. The van der Waals surface area contributed by atoms with Gasteiger partial charge in [-0.15, -0.1) is 0 Å². The highest BCUT2D eigenvalue weighted by molar-refractivity contribution is 5.80. The Labute approximate surface area is 155 Å². The predicted octanol–water partition coefficient (Wildman–Crippen LogP) is 2.68. The van der Waals surface area contributed by atoms with Crippen LogP contribution in [-0.4, -0.2) is 75.3 Å². The highest BCUT2D eigenvalue weighted by atomic mass is 16.5. The van der Waals surface area contributed by atoms with Crippen molar-refractivity contribution >= 4 is 5.96 Å². The summed E-state index contributed by atoms with van der Waals surface area (Å²) in [5.74, 6) is 3.47. The zero-order valence-corrected chi connectivity index (χ0v) is 17.0. The minimum atomic E-state index is 0.650. The number of ether oxygens (including phenoxy) is 1. The van der Waals surface area contributed by atoms with E-state index in [4.69, 9.17) is 9.73 Å². The van der Waals surface area contributed by atoms with Gasteiger partial charge in [0.05, 0.1) is 6.61 Å². The standard InChI is InChI=1S/C20H40N4O/c1-5-21-20(24-11-8-19(15-24)16-25-4)22-9-6-7-10-23-13-17(2)12-18(3)14-23/h17-19H,5-16H2,1-4H3,(H,21,22). The largest absolute Gasteiger partial charge is 0.384 e. The first-order chi connectivity index (χ1) is 12.1. The minimum Gasteiger partial charge on any atom is -0.384 e. The van der Waals surface area contributed by atoms with Crippen LogP contribution in [0.4, 0.5) is 0 Å². The number of piperidine rings is 1. The Balaban J connectivity index is 1.69. The van der Waals surface area contributed by atoms with Crippen LogP contribution in [0.15, 0.2) is 4.99 Å². The van der Waals surface area contributed by atoms with Gasteiger partial charge in [-0.1, -0.05) is 13.8 Å². The van der Waals surface area contributed by atoms with E-state index in [9.17, 15) is 0 Å². The number of nitrogens with zero attached hydrogens (tertiary/aromatic N) is 3.